The summed E-state index contributed by atoms with van der Waals surface area (Å²) in [6.07, 6.45) is 0. The third kappa shape index (κ3) is 2.03. The van der Waals surface area contributed by atoms with Crippen molar-refractivity contribution in [3.05, 3.63) is 18.2 Å². The van der Waals surface area contributed by atoms with Gasteiger partial charge < -0.3 is 14.8 Å². The number of aromatic nitrogens is 1. The lowest BCUT2D eigenvalue weighted by Gasteiger charge is -1.98. The second-order valence-corrected chi connectivity index (χ2v) is 3.36. The fraction of sp³-hybridized carbons (Fsp3) is 0.100. The van der Waals surface area contributed by atoms with Gasteiger partial charge >= 0.3 is 5.96 Å². The summed E-state index contributed by atoms with van der Waals surface area (Å²) in [6, 6.07) is 5.26. The molecule has 0 spiro atoms. The lowest BCUT2D eigenvalue weighted by molar-refractivity contribution is -0.117. The first-order valence-corrected chi connectivity index (χ1v) is 4.80. The van der Waals surface area contributed by atoms with Gasteiger partial charge in [-0.2, -0.15) is 0 Å². The number of aromatic hydroxyl groups is 1. The Labute approximate surface area is 96.4 Å². The van der Waals surface area contributed by atoms with Crippen molar-refractivity contribution in [2.45, 2.75) is 0 Å². The van der Waals surface area contributed by atoms with E-state index in [1.807, 2.05) is 0 Å². The number of fused-ring (bicyclic) bond motifs is 1. The van der Waals surface area contributed by atoms with Gasteiger partial charge in [0.05, 0.1) is 12.6 Å². The minimum absolute atomic E-state index is 0.0988. The van der Waals surface area contributed by atoms with Gasteiger partial charge in [0.2, 0.25) is 5.88 Å². The SMILES string of the molecule is COc1ccc2[nH]c(O)c(N=NC(N)=[NH2+])c2c1. The number of nitrogens with zero attached hydrogens (tertiary/aromatic N) is 2. The molecule has 0 aliphatic carbocycles. The molecule has 7 nitrogen and oxygen atoms in total. The van der Waals surface area contributed by atoms with E-state index < -0.39 is 0 Å². The van der Waals surface area contributed by atoms with Gasteiger partial charge in [-0.25, -0.2) is 0 Å². The lowest BCUT2D eigenvalue weighted by atomic mass is 10.2. The highest BCUT2D eigenvalue weighted by Gasteiger charge is 2.12. The van der Waals surface area contributed by atoms with Crippen molar-refractivity contribution in [1.29, 1.82) is 0 Å². The number of methoxy groups -OCH3 is 1. The third-order valence-electron chi connectivity index (χ3n) is 2.22. The summed E-state index contributed by atoms with van der Waals surface area (Å²) in [7, 11) is 1.56. The Hall–Kier alpha value is -2.57. The summed E-state index contributed by atoms with van der Waals surface area (Å²) in [5, 5.41) is 22.8. The quantitative estimate of drug-likeness (QED) is 0.333. The number of benzene rings is 1. The average molecular weight is 234 g/mol. The molecular weight excluding hydrogens is 222 g/mol. The van der Waals surface area contributed by atoms with Gasteiger partial charge in [-0.05, 0) is 18.2 Å². The Bertz CT molecular complexity index is 602. The molecule has 0 unspecified atom stereocenters. The van der Waals surface area contributed by atoms with Crippen molar-refractivity contribution in [2.75, 3.05) is 7.11 Å². The van der Waals surface area contributed by atoms with Crippen molar-refractivity contribution in [1.82, 2.24) is 4.98 Å². The van der Waals surface area contributed by atoms with E-state index in [4.69, 9.17) is 15.9 Å². The number of rotatable bonds is 2. The second kappa shape index (κ2) is 4.12. The zero-order chi connectivity index (χ0) is 12.4. The van der Waals surface area contributed by atoms with Gasteiger partial charge in [0.1, 0.15) is 5.75 Å². The third-order valence-corrected chi connectivity index (χ3v) is 2.22. The van der Waals surface area contributed by atoms with E-state index in [1.54, 1.807) is 25.3 Å². The highest BCUT2D eigenvalue weighted by atomic mass is 16.5. The Morgan fingerprint density at radius 1 is 1.53 bits per heavy atom. The second-order valence-electron chi connectivity index (χ2n) is 3.36. The van der Waals surface area contributed by atoms with Crippen molar-refractivity contribution in [3.8, 4) is 11.6 Å². The summed E-state index contributed by atoms with van der Waals surface area (Å²) < 4.78 is 5.09. The van der Waals surface area contributed by atoms with Crippen LogP contribution in [0.25, 0.3) is 10.9 Å². The highest BCUT2D eigenvalue weighted by Crippen LogP contribution is 2.37. The van der Waals surface area contributed by atoms with Crippen LogP contribution in [0.2, 0.25) is 0 Å². The monoisotopic (exact) mass is 234 g/mol. The molecule has 88 valence electrons. The molecule has 0 bridgehead atoms. The summed E-state index contributed by atoms with van der Waals surface area (Å²) in [6.45, 7) is 0. The standard InChI is InChI=1S/C10H11N5O2/c1-17-5-2-3-7-6(4-5)8(9(16)13-7)14-15-10(11)12/h2-4,13,16H,1H3,(H3,11,12)/p+1. The molecule has 0 amide bonds. The maximum absolute atomic E-state index is 9.67. The van der Waals surface area contributed by atoms with Gasteiger partial charge in [-0.3, -0.25) is 11.1 Å². The van der Waals surface area contributed by atoms with Crippen LogP contribution in [0.1, 0.15) is 0 Å². The van der Waals surface area contributed by atoms with E-state index in [1.165, 1.54) is 0 Å². The molecule has 1 aromatic carbocycles. The van der Waals surface area contributed by atoms with Crippen LogP contribution in [0, 0.1) is 0 Å². The molecule has 2 rings (SSSR count). The van der Waals surface area contributed by atoms with E-state index in [0.29, 0.717) is 16.7 Å². The van der Waals surface area contributed by atoms with Crippen molar-refractivity contribution in [2.24, 2.45) is 16.0 Å². The fourth-order valence-electron chi connectivity index (χ4n) is 1.48. The maximum Gasteiger partial charge on any atom is 0.403 e. The van der Waals surface area contributed by atoms with E-state index in [0.717, 1.165) is 0 Å². The number of hydrogen-bond donors (Lipinski definition) is 4. The molecule has 1 aromatic heterocycles. The molecule has 0 radical (unpaired) electrons. The zero-order valence-electron chi connectivity index (χ0n) is 9.14. The normalized spacial score (nSPS) is 11.1. The lowest BCUT2D eigenvalue weighted by Crippen LogP contribution is -2.43. The number of aromatic amines is 1. The molecule has 0 saturated heterocycles. The topological polar surface area (TPSA) is 122 Å². The zero-order valence-corrected chi connectivity index (χ0v) is 9.14. The molecule has 17 heavy (non-hydrogen) atoms. The van der Waals surface area contributed by atoms with Gasteiger partial charge in [-0.1, -0.05) is 5.11 Å². The smallest absolute Gasteiger partial charge is 0.403 e. The largest absolute Gasteiger partial charge is 0.497 e. The van der Waals surface area contributed by atoms with Crippen LogP contribution < -0.4 is 15.9 Å². The molecule has 0 aliphatic heterocycles. The molecule has 0 atom stereocenters. The first kappa shape index (κ1) is 10.9. The van der Waals surface area contributed by atoms with Gasteiger partial charge in [0.15, 0.2) is 5.69 Å². The van der Waals surface area contributed by atoms with Crippen molar-refractivity contribution in [3.63, 3.8) is 0 Å². The number of nitrogens with one attached hydrogen (secondary N) is 1. The predicted octanol–water partition coefficient (Wildman–Crippen LogP) is 0.0396. The van der Waals surface area contributed by atoms with Crippen LogP contribution in [-0.4, -0.2) is 23.2 Å². The average Bonchev–Trinajstić information content (AvgIpc) is 2.61. The molecule has 0 fully saturated rings. The number of nitrogens with two attached hydrogens (primary N) is 2. The molecule has 7 heteroatoms. The Kier molecular flexibility index (Phi) is 2.65. The van der Waals surface area contributed by atoms with Crippen LogP contribution in [0.15, 0.2) is 28.4 Å². The maximum atomic E-state index is 9.67. The summed E-state index contributed by atoms with van der Waals surface area (Å²) in [5.74, 6) is 0.373. The minimum Gasteiger partial charge on any atom is -0.497 e. The van der Waals surface area contributed by atoms with Gasteiger partial charge in [-0.15, -0.1) is 0 Å². The van der Waals surface area contributed by atoms with Crippen LogP contribution in [0.5, 0.6) is 11.6 Å². The predicted molar refractivity (Wildman–Crippen MR) is 62.2 cm³/mol. The summed E-state index contributed by atoms with van der Waals surface area (Å²) in [4.78, 5) is 2.76. The molecule has 2 aromatic rings. The number of azo groups is 1. The Balaban J connectivity index is 2.60. The molecule has 0 saturated carbocycles. The van der Waals surface area contributed by atoms with E-state index >= 15 is 0 Å². The van der Waals surface area contributed by atoms with Crippen LogP contribution >= 0.6 is 0 Å². The number of guanidine groups is 1. The Morgan fingerprint density at radius 3 is 2.94 bits per heavy atom. The van der Waals surface area contributed by atoms with Gasteiger partial charge in [0.25, 0.3) is 0 Å². The molecule has 0 aliphatic rings. The number of hydrogen-bond acceptors (Lipinski definition) is 3. The summed E-state index contributed by atoms with van der Waals surface area (Å²) >= 11 is 0. The first-order valence-electron chi connectivity index (χ1n) is 4.80. The Morgan fingerprint density at radius 2 is 2.29 bits per heavy atom. The van der Waals surface area contributed by atoms with Crippen molar-refractivity contribution < 1.29 is 15.3 Å². The fourth-order valence-corrected chi connectivity index (χ4v) is 1.48. The van der Waals surface area contributed by atoms with Crippen LogP contribution in [0.4, 0.5) is 5.69 Å². The van der Waals surface area contributed by atoms with Crippen LogP contribution in [0.3, 0.4) is 0 Å². The van der Waals surface area contributed by atoms with E-state index in [-0.39, 0.29) is 17.5 Å². The van der Waals surface area contributed by atoms with E-state index in [9.17, 15) is 5.11 Å². The van der Waals surface area contributed by atoms with Gasteiger partial charge in [0, 0.05) is 10.5 Å². The van der Waals surface area contributed by atoms with Crippen LogP contribution in [-0.2, 0) is 0 Å². The molecular formula is C10H12N5O2+. The number of H-pyrrole nitrogens is 1. The molecule has 6 N–H and O–H groups in total. The highest BCUT2D eigenvalue weighted by molar-refractivity contribution is 5.95. The van der Waals surface area contributed by atoms with Crippen molar-refractivity contribution >= 4 is 22.5 Å². The number of ether oxygens (including phenoxy) is 1. The minimum atomic E-state index is -0.179. The summed E-state index contributed by atoms with van der Waals surface area (Å²) in [5.41, 5.74) is 6.16. The first-order chi connectivity index (χ1) is 8.11. The molecule has 1 heterocycles. The van der Waals surface area contributed by atoms with E-state index in [2.05, 4.69) is 15.2 Å².